The van der Waals surface area contributed by atoms with Crippen molar-refractivity contribution in [2.24, 2.45) is 0 Å². The zero-order valence-corrected chi connectivity index (χ0v) is 13.6. The van der Waals surface area contributed by atoms with E-state index in [1.165, 1.54) is 0 Å². The predicted octanol–water partition coefficient (Wildman–Crippen LogP) is 2.41. The number of anilines is 1. The Hall–Kier alpha value is -2.14. The minimum Gasteiger partial charge on any atom is -0.339 e. The molecule has 0 unspecified atom stereocenters. The monoisotopic (exact) mass is 330 g/mol. The number of piperazine rings is 1. The van der Waals surface area contributed by atoms with E-state index in [4.69, 9.17) is 11.6 Å². The van der Waals surface area contributed by atoms with Crippen LogP contribution in [-0.2, 0) is 11.2 Å². The van der Waals surface area contributed by atoms with Crippen LogP contribution in [0.15, 0.2) is 42.7 Å². The van der Waals surface area contributed by atoms with E-state index in [1.807, 2.05) is 29.2 Å². The number of carbonyl (C=O) groups excluding carboxylic acids is 1. The summed E-state index contributed by atoms with van der Waals surface area (Å²) < 4.78 is 0. The lowest BCUT2D eigenvalue weighted by Gasteiger charge is -2.34. The van der Waals surface area contributed by atoms with Gasteiger partial charge in [-0.3, -0.25) is 4.79 Å². The maximum atomic E-state index is 12.4. The number of rotatable bonds is 4. The van der Waals surface area contributed by atoms with Gasteiger partial charge in [0, 0.05) is 50.0 Å². The Labute approximate surface area is 140 Å². The maximum absolute atomic E-state index is 12.4. The molecule has 0 bridgehead atoms. The summed E-state index contributed by atoms with van der Waals surface area (Å²) in [7, 11) is 0. The zero-order valence-electron chi connectivity index (χ0n) is 12.9. The Balaban J connectivity index is 1.50. The third-order valence-electron chi connectivity index (χ3n) is 4.03. The second-order valence-corrected chi connectivity index (χ2v) is 5.92. The Morgan fingerprint density at radius 3 is 2.43 bits per heavy atom. The van der Waals surface area contributed by atoms with Crippen molar-refractivity contribution in [3.05, 3.63) is 53.3 Å². The van der Waals surface area contributed by atoms with Crippen LogP contribution < -0.4 is 4.90 Å². The molecule has 23 heavy (non-hydrogen) atoms. The molecule has 1 aliphatic rings. The van der Waals surface area contributed by atoms with Crippen molar-refractivity contribution >= 4 is 23.5 Å². The minimum atomic E-state index is 0.179. The molecule has 3 rings (SSSR count). The molecular formula is C17H19ClN4O. The van der Waals surface area contributed by atoms with Crippen LogP contribution in [0.5, 0.6) is 0 Å². The van der Waals surface area contributed by atoms with Crippen LogP contribution in [0.1, 0.15) is 12.0 Å². The molecule has 6 heteroatoms. The zero-order chi connectivity index (χ0) is 16.1. The first-order valence-corrected chi connectivity index (χ1v) is 8.15. The topological polar surface area (TPSA) is 49.3 Å². The number of amides is 1. The highest BCUT2D eigenvalue weighted by Gasteiger charge is 2.22. The van der Waals surface area contributed by atoms with E-state index in [0.717, 1.165) is 29.6 Å². The minimum absolute atomic E-state index is 0.179. The first-order chi connectivity index (χ1) is 11.2. The van der Waals surface area contributed by atoms with Crippen LogP contribution in [0, 0.1) is 0 Å². The highest BCUT2D eigenvalue weighted by atomic mass is 35.5. The van der Waals surface area contributed by atoms with Gasteiger partial charge in [0.2, 0.25) is 11.9 Å². The summed E-state index contributed by atoms with van der Waals surface area (Å²) in [5.41, 5.74) is 1.03. The lowest BCUT2D eigenvalue weighted by molar-refractivity contribution is -0.131. The first-order valence-electron chi connectivity index (χ1n) is 7.77. The number of aromatic nitrogens is 2. The van der Waals surface area contributed by atoms with Crippen LogP contribution in [0.3, 0.4) is 0 Å². The van der Waals surface area contributed by atoms with Gasteiger partial charge >= 0.3 is 0 Å². The van der Waals surface area contributed by atoms with Crippen LogP contribution in [0.2, 0.25) is 5.02 Å². The Morgan fingerprint density at radius 1 is 1.04 bits per heavy atom. The van der Waals surface area contributed by atoms with Gasteiger partial charge in [-0.1, -0.05) is 29.8 Å². The van der Waals surface area contributed by atoms with Crippen molar-refractivity contribution in [2.45, 2.75) is 12.8 Å². The molecular weight excluding hydrogens is 312 g/mol. The Kier molecular flexibility index (Phi) is 5.08. The quantitative estimate of drug-likeness (QED) is 0.864. The number of carbonyl (C=O) groups is 1. The van der Waals surface area contributed by atoms with Gasteiger partial charge in [-0.15, -0.1) is 0 Å². The predicted molar refractivity (Wildman–Crippen MR) is 90.6 cm³/mol. The smallest absolute Gasteiger partial charge is 0.225 e. The van der Waals surface area contributed by atoms with Gasteiger partial charge < -0.3 is 9.80 Å². The number of halogens is 1. The average molecular weight is 331 g/mol. The number of hydrogen-bond donors (Lipinski definition) is 0. The molecule has 0 N–H and O–H groups in total. The third kappa shape index (κ3) is 3.99. The van der Waals surface area contributed by atoms with E-state index < -0.39 is 0 Å². The summed E-state index contributed by atoms with van der Waals surface area (Å²) >= 11 is 6.13. The molecule has 2 heterocycles. The molecule has 0 radical (unpaired) electrons. The Morgan fingerprint density at radius 2 is 1.74 bits per heavy atom. The summed E-state index contributed by atoms with van der Waals surface area (Å²) in [6.07, 6.45) is 4.65. The van der Waals surface area contributed by atoms with Crippen molar-refractivity contribution < 1.29 is 4.79 Å². The van der Waals surface area contributed by atoms with E-state index in [-0.39, 0.29) is 5.91 Å². The molecule has 1 aliphatic heterocycles. The SMILES string of the molecule is O=C(CCc1ccccc1Cl)N1CCN(c2ncccn2)CC1. The van der Waals surface area contributed by atoms with Gasteiger partial charge in [0.1, 0.15) is 0 Å². The van der Waals surface area contributed by atoms with Gasteiger partial charge in [0.25, 0.3) is 0 Å². The molecule has 5 nitrogen and oxygen atoms in total. The number of nitrogens with zero attached hydrogens (tertiary/aromatic N) is 4. The summed E-state index contributed by atoms with van der Waals surface area (Å²) in [5.74, 6) is 0.911. The number of benzene rings is 1. The van der Waals surface area contributed by atoms with Crippen molar-refractivity contribution in [3.8, 4) is 0 Å². The lowest BCUT2D eigenvalue weighted by atomic mass is 10.1. The lowest BCUT2D eigenvalue weighted by Crippen LogP contribution is -2.49. The van der Waals surface area contributed by atoms with Crippen molar-refractivity contribution in [2.75, 3.05) is 31.1 Å². The van der Waals surface area contributed by atoms with E-state index in [0.29, 0.717) is 25.9 Å². The molecule has 0 spiro atoms. The second kappa shape index (κ2) is 7.42. The van der Waals surface area contributed by atoms with Crippen molar-refractivity contribution in [3.63, 3.8) is 0 Å². The fraction of sp³-hybridized carbons (Fsp3) is 0.353. The maximum Gasteiger partial charge on any atom is 0.225 e. The molecule has 0 atom stereocenters. The molecule has 1 fully saturated rings. The highest BCUT2D eigenvalue weighted by Crippen LogP contribution is 2.17. The molecule has 0 aliphatic carbocycles. The van der Waals surface area contributed by atoms with Gasteiger partial charge in [-0.05, 0) is 24.1 Å². The van der Waals surface area contributed by atoms with Gasteiger partial charge in [0.05, 0.1) is 0 Å². The van der Waals surface area contributed by atoms with Crippen molar-refractivity contribution in [1.82, 2.24) is 14.9 Å². The standard InChI is InChI=1S/C17H19ClN4O/c18-15-5-2-1-4-14(15)6-7-16(23)21-10-12-22(13-11-21)17-19-8-3-9-20-17/h1-5,8-9H,6-7,10-13H2. The number of hydrogen-bond acceptors (Lipinski definition) is 4. The van der Waals surface area contributed by atoms with Crippen LogP contribution in [0.25, 0.3) is 0 Å². The molecule has 1 amide bonds. The molecule has 120 valence electrons. The summed E-state index contributed by atoms with van der Waals surface area (Å²) in [6.45, 7) is 2.95. The highest BCUT2D eigenvalue weighted by molar-refractivity contribution is 6.31. The number of aryl methyl sites for hydroxylation is 1. The molecule has 1 saturated heterocycles. The van der Waals surface area contributed by atoms with Gasteiger partial charge in [-0.2, -0.15) is 0 Å². The molecule has 2 aromatic rings. The van der Waals surface area contributed by atoms with Gasteiger partial charge in [-0.25, -0.2) is 9.97 Å². The fourth-order valence-corrected chi connectivity index (χ4v) is 2.94. The average Bonchev–Trinajstić information content (AvgIpc) is 2.62. The summed E-state index contributed by atoms with van der Waals surface area (Å²) in [6, 6.07) is 9.49. The van der Waals surface area contributed by atoms with Crippen molar-refractivity contribution in [1.29, 1.82) is 0 Å². The summed E-state index contributed by atoms with van der Waals surface area (Å²) in [4.78, 5) is 24.9. The largest absolute Gasteiger partial charge is 0.339 e. The van der Waals surface area contributed by atoms with Gasteiger partial charge in [0.15, 0.2) is 0 Å². The second-order valence-electron chi connectivity index (χ2n) is 5.51. The normalized spacial score (nSPS) is 14.8. The Bertz CT molecular complexity index is 657. The third-order valence-corrected chi connectivity index (χ3v) is 4.40. The first kappa shape index (κ1) is 15.7. The van der Waals surface area contributed by atoms with E-state index in [1.54, 1.807) is 18.5 Å². The van der Waals surface area contributed by atoms with Crippen LogP contribution >= 0.6 is 11.6 Å². The summed E-state index contributed by atoms with van der Waals surface area (Å²) in [5, 5.41) is 0.728. The van der Waals surface area contributed by atoms with E-state index in [9.17, 15) is 4.79 Å². The fourth-order valence-electron chi connectivity index (χ4n) is 2.71. The van der Waals surface area contributed by atoms with Crippen LogP contribution in [0.4, 0.5) is 5.95 Å². The van der Waals surface area contributed by atoms with E-state index in [2.05, 4.69) is 14.9 Å². The molecule has 0 saturated carbocycles. The van der Waals surface area contributed by atoms with E-state index >= 15 is 0 Å². The molecule has 1 aromatic heterocycles. The molecule has 1 aromatic carbocycles. The van der Waals surface area contributed by atoms with Crippen LogP contribution in [-0.4, -0.2) is 47.0 Å².